The van der Waals surface area contributed by atoms with Crippen LogP contribution in [0.2, 0.25) is 0 Å². The van der Waals surface area contributed by atoms with Crippen LogP contribution in [0.5, 0.6) is 5.88 Å². The van der Waals surface area contributed by atoms with Crippen molar-refractivity contribution in [2.24, 2.45) is 0 Å². The van der Waals surface area contributed by atoms with Gasteiger partial charge in [-0.3, -0.25) is 0 Å². The summed E-state index contributed by atoms with van der Waals surface area (Å²) < 4.78 is 19.4. The van der Waals surface area contributed by atoms with Crippen LogP contribution in [-0.4, -0.2) is 69.7 Å². The maximum atomic E-state index is 11.7. The van der Waals surface area contributed by atoms with Crippen LogP contribution in [0.15, 0.2) is 53.9 Å². The number of carboxylic acid groups (broad SMARTS) is 1. The molecule has 1 fully saturated rings. The Balaban J connectivity index is 1.21. The Labute approximate surface area is 252 Å². The number of hydrogen-bond donors (Lipinski definition) is 1. The molecule has 3 aromatic rings. The van der Waals surface area contributed by atoms with Gasteiger partial charge in [-0.1, -0.05) is 24.3 Å². The minimum Gasteiger partial charge on any atom is -0.488 e. The summed E-state index contributed by atoms with van der Waals surface area (Å²) >= 11 is 0. The monoisotopic (exact) mass is 584 g/mol. The molecule has 0 bridgehead atoms. The zero-order valence-corrected chi connectivity index (χ0v) is 25.3. The fourth-order valence-corrected chi connectivity index (χ4v) is 6.21. The fraction of sp³-hybridized carbons (Fsp3) is 0.441. The summed E-state index contributed by atoms with van der Waals surface area (Å²) in [6.07, 6.45) is 9.00. The summed E-state index contributed by atoms with van der Waals surface area (Å²) in [6.45, 7) is 11.0. The van der Waals surface area contributed by atoms with E-state index in [0.717, 1.165) is 69.0 Å². The van der Waals surface area contributed by atoms with Crippen molar-refractivity contribution in [2.45, 2.75) is 65.6 Å². The molecule has 2 aromatic heterocycles. The number of ether oxygens (including phenoxy) is 3. The normalized spacial score (nSPS) is 18.9. The molecule has 0 unspecified atom stereocenters. The Morgan fingerprint density at radius 3 is 2.72 bits per heavy atom. The average molecular weight is 585 g/mol. The highest BCUT2D eigenvalue weighted by Crippen LogP contribution is 2.34. The van der Waals surface area contributed by atoms with Gasteiger partial charge in [0.05, 0.1) is 24.6 Å². The topological polar surface area (TPSA) is 98.9 Å². The Hall–Kier alpha value is -3.95. The molecule has 1 saturated heterocycles. The zero-order valence-electron chi connectivity index (χ0n) is 25.3. The summed E-state index contributed by atoms with van der Waals surface area (Å²) in [5.74, 6) is 0.410. The second-order valence-electron chi connectivity index (χ2n) is 11.5. The molecule has 1 aromatic carbocycles. The van der Waals surface area contributed by atoms with Crippen molar-refractivity contribution >= 4 is 11.5 Å². The summed E-state index contributed by atoms with van der Waals surface area (Å²) in [5, 5.41) is 13.9. The summed E-state index contributed by atoms with van der Waals surface area (Å²) in [7, 11) is 0. The molecule has 9 heteroatoms. The number of nitrogens with zero attached hydrogens (tertiary/aromatic N) is 4. The molecule has 0 saturated carbocycles. The minimum absolute atomic E-state index is 0.00177. The molecule has 2 aliphatic heterocycles. The van der Waals surface area contributed by atoms with E-state index >= 15 is 0 Å². The van der Waals surface area contributed by atoms with Crippen LogP contribution in [0.25, 0.3) is 11.4 Å². The molecule has 1 aliphatic carbocycles. The van der Waals surface area contributed by atoms with Crippen molar-refractivity contribution in [1.29, 1.82) is 0 Å². The SMILES string of the molecule is CCOc1c(C(=O)O)cnn1-c1cccc(C2=CCCC(C)=C2OCc2ccc3c(c2C)CCN(C[C@@H]2CCO2)CC3)n1. The van der Waals surface area contributed by atoms with E-state index in [1.807, 2.05) is 19.1 Å². The molecule has 3 aliphatic rings. The first-order chi connectivity index (χ1) is 20.9. The van der Waals surface area contributed by atoms with E-state index in [4.69, 9.17) is 19.2 Å². The third-order valence-corrected chi connectivity index (χ3v) is 8.77. The lowest BCUT2D eigenvalue weighted by molar-refractivity contribution is -0.0661. The van der Waals surface area contributed by atoms with Crippen molar-refractivity contribution in [3.05, 3.63) is 87.4 Å². The number of fused-ring (bicyclic) bond motifs is 1. The number of carbonyl (C=O) groups is 1. The summed E-state index contributed by atoms with van der Waals surface area (Å²) in [6, 6.07) is 10.2. The van der Waals surface area contributed by atoms with E-state index in [1.54, 1.807) is 6.07 Å². The van der Waals surface area contributed by atoms with E-state index in [2.05, 4.69) is 42.1 Å². The molecule has 226 valence electrons. The molecule has 43 heavy (non-hydrogen) atoms. The van der Waals surface area contributed by atoms with Crippen LogP contribution in [-0.2, 0) is 28.9 Å². The van der Waals surface area contributed by atoms with Crippen LogP contribution >= 0.6 is 0 Å². The molecular weight excluding hydrogens is 544 g/mol. The second-order valence-corrected chi connectivity index (χ2v) is 11.5. The molecule has 0 spiro atoms. The van der Waals surface area contributed by atoms with Gasteiger partial charge in [-0.2, -0.15) is 9.78 Å². The third kappa shape index (κ3) is 6.10. The van der Waals surface area contributed by atoms with Gasteiger partial charge in [-0.15, -0.1) is 0 Å². The molecule has 1 atom stereocenters. The van der Waals surface area contributed by atoms with Gasteiger partial charge >= 0.3 is 5.97 Å². The van der Waals surface area contributed by atoms with Gasteiger partial charge in [-0.05, 0) is 92.8 Å². The molecule has 9 nitrogen and oxygen atoms in total. The molecule has 6 rings (SSSR count). The van der Waals surface area contributed by atoms with Gasteiger partial charge in [0, 0.05) is 31.8 Å². The standard InChI is InChI=1S/C34H40N4O5/c1-4-41-33-29(34(39)40)19-35-38(33)31-10-6-9-30(36-31)28-8-5-7-22(2)32(28)43-21-25-12-11-24-13-16-37(20-26-15-18-42-26)17-14-27(24)23(25)3/h6,8-12,19,26H,4-5,7,13-18,20-21H2,1-3H3,(H,39,40)/t26-/m0/s1. The van der Waals surface area contributed by atoms with Gasteiger partial charge in [0.15, 0.2) is 5.82 Å². The Bertz CT molecular complexity index is 1570. The van der Waals surface area contributed by atoms with Crippen molar-refractivity contribution in [1.82, 2.24) is 19.7 Å². The molecular formula is C34H40N4O5. The first-order valence-electron chi connectivity index (χ1n) is 15.3. The largest absolute Gasteiger partial charge is 0.488 e. The Morgan fingerprint density at radius 2 is 1.95 bits per heavy atom. The Kier molecular flexibility index (Phi) is 8.63. The highest BCUT2D eigenvalue weighted by atomic mass is 16.5. The van der Waals surface area contributed by atoms with Crippen LogP contribution in [0.3, 0.4) is 0 Å². The highest BCUT2D eigenvalue weighted by molar-refractivity contribution is 5.90. The van der Waals surface area contributed by atoms with Crippen molar-refractivity contribution in [3.63, 3.8) is 0 Å². The van der Waals surface area contributed by atoms with Crippen molar-refractivity contribution in [2.75, 3.05) is 32.8 Å². The number of carboxylic acids is 1. The first kappa shape index (κ1) is 29.1. The maximum absolute atomic E-state index is 11.7. The van der Waals surface area contributed by atoms with Gasteiger partial charge in [-0.25, -0.2) is 9.78 Å². The summed E-state index contributed by atoms with van der Waals surface area (Å²) in [5.41, 5.74) is 8.32. The van der Waals surface area contributed by atoms with Crippen LogP contribution in [0.4, 0.5) is 0 Å². The quantitative estimate of drug-likeness (QED) is 0.332. The number of benzene rings is 1. The molecule has 0 radical (unpaired) electrons. The number of allylic oxidation sites excluding steroid dienone is 3. The van der Waals surface area contributed by atoms with E-state index in [1.165, 1.54) is 45.1 Å². The van der Waals surface area contributed by atoms with Crippen molar-refractivity contribution < 1.29 is 24.1 Å². The van der Waals surface area contributed by atoms with Crippen molar-refractivity contribution in [3.8, 4) is 11.7 Å². The first-order valence-corrected chi connectivity index (χ1v) is 15.3. The average Bonchev–Trinajstić information content (AvgIpc) is 3.29. The van der Waals surface area contributed by atoms with Crippen LogP contribution < -0.4 is 4.74 Å². The lowest BCUT2D eigenvalue weighted by atomic mass is 9.93. The van der Waals surface area contributed by atoms with Crippen LogP contribution in [0, 0.1) is 6.92 Å². The predicted octanol–water partition coefficient (Wildman–Crippen LogP) is 5.53. The van der Waals surface area contributed by atoms with Crippen LogP contribution in [0.1, 0.15) is 71.4 Å². The third-order valence-electron chi connectivity index (χ3n) is 8.77. The smallest absolute Gasteiger partial charge is 0.342 e. The maximum Gasteiger partial charge on any atom is 0.342 e. The van der Waals surface area contributed by atoms with Gasteiger partial charge in [0.25, 0.3) is 0 Å². The molecule has 0 amide bonds. The van der Waals surface area contributed by atoms with E-state index in [0.29, 0.717) is 25.1 Å². The van der Waals surface area contributed by atoms with E-state index in [-0.39, 0.29) is 11.4 Å². The second kappa shape index (κ2) is 12.7. The molecule has 4 heterocycles. The minimum atomic E-state index is -1.09. The predicted molar refractivity (Wildman–Crippen MR) is 164 cm³/mol. The number of hydrogen-bond acceptors (Lipinski definition) is 7. The van der Waals surface area contributed by atoms with Gasteiger partial charge in [0.2, 0.25) is 5.88 Å². The molecule has 1 N–H and O–H groups in total. The lowest BCUT2D eigenvalue weighted by Gasteiger charge is -2.32. The number of aromatic nitrogens is 3. The summed E-state index contributed by atoms with van der Waals surface area (Å²) in [4.78, 5) is 19.1. The van der Waals surface area contributed by atoms with Gasteiger partial charge < -0.3 is 24.2 Å². The van der Waals surface area contributed by atoms with Gasteiger partial charge in [0.1, 0.15) is 17.9 Å². The lowest BCUT2D eigenvalue weighted by Crippen LogP contribution is -2.41. The number of pyridine rings is 1. The zero-order chi connectivity index (χ0) is 29.9. The van der Waals surface area contributed by atoms with E-state index in [9.17, 15) is 9.90 Å². The van der Waals surface area contributed by atoms with E-state index < -0.39 is 5.97 Å². The fourth-order valence-electron chi connectivity index (χ4n) is 6.21. The highest BCUT2D eigenvalue weighted by Gasteiger charge is 2.25. The number of aromatic carboxylic acids is 1. The number of rotatable bonds is 10. The Morgan fingerprint density at radius 1 is 1.12 bits per heavy atom.